The first-order valence-corrected chi connectivity index (χ1v) is 6.14. The predicted octanol–water partition coefficient (Wildman–Crippen LogP) is 1.86. The van der Waals surface area contributed by atoms with E-state index in [0.717, 1.165) is 37.2 Å². The van der Waals surface area contributed by atoms with Gasteiger partial charge in [-0.25, -0.2) is 0 Å². The molecule has 16 heavy (non-hydrogen) atoms. The van der Waals surface area contributed by atoms with Crippen molar-refractivity contribution in [2.75, 3.05) is 26.3 Å². The lowest BCUT2D eigenvalue weighted by molar-refractivity contribution is -0.0806. The molecule has 2 aliphatic rings. The summed E-state index contributed by atoms with van der Waals surface area (Å²) in [4.78, 5) is 0. The minimum absolute atomic E-state index is 0.172. The summed E-state index contributed by atoms with van der Waals surface area (Å²) in [5.74, 6) is 2.92. The Morgan fingerprint density at radius 3 is 2.81 bits per heavy atom. The van der Waals surface area contributed by atoms with Gasteiger partial charge in [-0.05, 0) is 50.9 Å². The molecule has 0 bridgehead atoms. The van der Waals surface area contributed by atoms with Gasteiger partial charge in [0.2, 0.25) is 0 Å². The van der Waals surface area contributed by atoms with Gasteiger partial charge in [0.25, 0.3) is 0 Å². The van der Waals surface area contributed by atoms with E-state index in [1.807, 2.05) is 6.92 Å². The number of ether oxygens (including phenoxy) is 1. The van der Waals surface area contributed by atoms with Crippen LogP contribution in [0.2, 0.25) is 0 Å². The highest BCUT2D eigenvalue weighted by molar-refractivity contribution is 5.20. The van der Waals surface area contributed by atoms with Crippen molar-refractivity contribution in [1.29, 1.82) is 0 Å². The molecule has 0 aliphatic carbocycles. The van der Waals surface area contributed by atoms with E-state index in [4.69, 9.17) is 9.15 Å². The summed E-state index contributed by atoms with van der Waals surface area (Å²) < 4.78 is 11.2. The molecule has 0 spiro atoms. The van der Waals surface area contributed by atoms with Gasteiger partial charge in [-0.2, -0.15) is 0 Å². The SMILES string of the molecule is Cc1ccc(C2(CC3CCNC3)COC2)o1. The summed E-state index contributed by atoms with van der Waals surface area (Å²) >= 11 is 0. The van der Waals surface area contributed by atoms with Crippen LogP contribution in [0.25, 0.3) is 0 Å². The molecule has 88 valence electrons. The number of aryl methyl sites for hydroxylation is 1. The van der Waals surface area contributed by atoms with Gasteiger partial charge >= 0.3 is 0 Å². The number of nitrogens with one attached hydrogen (secondary N) is 1. The molecule has 3 rings (SSSR count). The average Bonchev–Trinajstić information content (AvgIpc) is 2.82. The topological polar surface area (TPSA) is 34.4 Å². The molecule has 0 radical (unpaired) electrons. The Morgan fingerprint density at radius 1 is 1.44 bits per heavy atom. The van der Waals surface area contributed by atoms with Crippen LogP contribution in [-0.2, 0) is 10.2 Å². The van der Waals surface area contributed by atoms with Gasteiger partial charge in [0.1, 0.15) is 11.5 Å². The minimum atomic E-state index is 0.172. The van der Waals surface area contributed by atoms with E-state index >= 15 is 0 Å². The summed E-state index contributed by atoms with van der Waals surface area (Å²) in [5.41, 5.74) is 0.172. The van der Waals surface area contributed by atoms with Gasteiger partial charge in [0, 0.05) is 0 Å². The van der Waals surface area contributed by atoms with Gasteiger partial charge in [0.05, 0.1) is 18.6 Å². The smallest absolute Gasteiger partial charge is 0.114 e. The van der Waals surface area contributed by atoms with E-state index < -0.39 is 0 Å². The van der Waals surface area contributed by atoms with Crippen LogP contribution in [0, 0.1) is 12.8 Å². The van der Waals surface area contributed by atoms with Crippen molar-refractivity contribution in [2.45, 2.75) is 25.2 Å². The molecular weight excluding hydrogens is 202 g/mol. The van der Waals surface area contributed by atoms with Gasteiger partial charge < -0.3 is 14.5 Å². The average molecular weight is 221 g/mol. The van der Waals surface area contributed by atoms with E-state index in [9.17, 15) is 0 Å². The lowest BCUT2D eigenvalue weighted by Gasteiger charge is -2.41. The second kappa shape index (κ2) is 3.90. The zero-order valence-electron chi connectivity index (χ0n) is 9.79. The lowest BCUT2D eigenvalue weighted by Crippen LogP contribution is -2.48. The molecule has 0 amide bonds. The molecule has 1 N–H and O–H groups in total. The Bertz CT molecular complexity index is 362. The van der Waals surface area contributed by atoms with Crippen molar-refractivity contribution < 1.29 is 9.15 Å². The van der Waals surface area contributed by atoms with Crippen molar-refractivity contribution in [3.8, 4) is 0 Å². The van der Waals surface area contributed by atoms with Gasteiger partial charge in [-0.1, -0.05) is 0 Å². The first-order chi connectivity index (χ1) is 7.78. The normalized spacial score (nSPS) is 27.9. The van der Waals surface area contributed by atoms with E-state index in [1.54, 1.807) is 0 Å². The second-order valence-corrected chi connectivity index (χ2v) is 5.25. The van der Waals surface area contributed by atoms with Crippen LogP contribution in [0.4, 0.5) is 0 Å². The van der Waals surface area contributed by atoms with Crippen LogP contribution < -0.4 is 5.32 Å². The molecule has 2 aliphatic heterocycles. The van der Waals surface area contributed by atoms with Crippen molar-refractivity contribution >= 4 is 0 Å². The first kappa shape index (κ1) is 10.4. The first-order valence-electron chi connectivity index (χ1n) is 6.14. The van der Waals surface area contributed by atoms with E-state index in [2.05, 4.69) is 17.4 Å². The summed E-state index contributed by atoms with van der Waals surface area (Å²) in [6.07, 6.45) is 2.49. The molecule has 0 saturated carbocycles. The highest BCUT2D eigenvalue weighted by atomic mass is 16.5. The third kappa shape index (κ3) is 1.68. The molecule has 3 heterocycles. The monoisotopic (exact) mass is 221 g/mol. The minimum Gasteiger partial charge on any atom is -0.466 e. The molecule has 3 nitrogen and oxygen atoms in total. The quantitative estimate of drug-likeness (QED) is 0.846. The van der Waals surface area contributed by atoms with Crippen molar-refractivity contribution in [2.24, 2.45) is 5.92 Å². The maximum Gasteiger partial charge on any atom is 0.114 e. The standard InChI is InChI=1S/C13H19NO2/c1-10-2-3-12(16-10)13(8-15-9-13)6-11-4-5-14-7-11/h2-3,11,14H,4-9H2,1H3. The van der Waals surface area contributed by atoms with Crippen LogP contribution in [0.3, 0.4) is 0 Å². The Labute approximate surface area is 96.2 Å². The van der Waals surface area contributed by atoms with Gasteiger partial charge in [-0.15, -0.1) is 0 Å². The number of hydrogen-bond donors (Lipinski definition) is 1. The van der Waals surface area contributed by atoms with Crippen LogP contribution in [0.5, 0.6) is 0 Å². The molecule has 1 unspecified atom stereocenters. The zero-order valence-corrected chi connectivity index (χ0v) is 9.79. The third-order valence-corrected chi connectivity index (χ3v) is 3.86. The molecule has 3 heteroatoms. The molecule has 1 aromatic rings. The maximum atomic E-state index is 5.80. The Balaban J connectivity index is 1.77. The van der Waals surface area contributed by atoms with E-state index in [-0.39, 0.29) is 5.41 Å². The molecular formula is C13H19NO2. The molecule has 1 aromatic heterocycles. The molecule has 2 saturated heterocycles. The van der Waals surface area contributed by atoms with Crippen LogP contribution in [0.1, 0.15) is 24.4 Å². The van der Waals surface area contributed by atoms with Crippen molar-refractivity contribution in [3.63, 3.8) is 0 Å². The predicted molar refractivity (Wildman–Crippen MR) is 61.5 cm³/mol. The lowest BCUT2D eigenvalue weighted by atomic mass is 9.75. The summed E-state index contributed by atoms with van der Waals surface area (Å²) in [5, 5.41) is 3.43. The largest absolute Gasteiger partial charge is 0.466 e. The maximum absolute atomic E-state index is 5.80. The zero-order chi connectivity index (χ0) is 11.0. The number of rotatable bonds is 3. The summed E-state index contributed by atoms with van der Waals surface area (Å²) in [6, 6.07) is 4.18. The molecule has 0 aromatic carbocycles. The van der Waals surface area contributed by atoms with Crippen LogP contribution in [-0.4, -0.2) is 26.3 Å². The fraction of sp³-hybridized carbons (Fsp3) is 0.692. The van der Waals surface area contributed by atoms with Gasteiger partial charge in [-0.3, -0.25) is 0 Å². The summed E-state index contributed by atoms with van der Waals surface area (Å²) in [7, 11) is 0. The third-order valence-electron chi connectivity index (χ3n) is 3.86. The fourth-order valence-electron chi connectivity index (χ4n) is 2.87. The van der Waals surface area contributed by atoms with Crippen LogP contribution in [0.15, 0.2) is 16.5 Å². The second-order valence-electron chi connectivity index (χ2n) is 5.25. The number of hydrogen-bond acceptors (Lipinski definition) is 3. The Hall–Kier alpha value is -0.800. The van der Waals surface area contributed by atoms with Crippen molar-refractivity contribution in [3.05, 3.63) is 23.7 Å². The Morgan fingerprint density at radius 2 is 2.31 bits per heavy atom. The van der Waals surface area contributed by atoms with E-state index in [0.29, 0.717) is 0 Å². The molecule has 1 atom stereocenters. The number of furan rings is 1. The van der Waals surface area contributed by atoms with Crippen LogP contribution >= 0.6 is 0 Å². The summed E-state index contributed by atoms with van der Waals surface area (Å²) in [6.45, 7) is 5.99. The van der Waals surface area contributed by atoms with Crippen molar-refractivity contribution in [1.82, 2.24) is 5.32 Å². The highest BCUT2D eigenvalue weighted by Gasteiger charge is 2.44. The Kier molecular flexibility index (Phi) is 2.52. The fourth-order valence-corrected chi connectivity index (χ4v) is 2.87. The van der Waals surface area contributed by atoms with Gasteiger partial charge in [0.15, 0.2) is 0 Å². The van der Waals surface area contributed by atoms with E-state index in [1.165, 1.54) is 19.4 Å². The molecule has 2 fully saturated rings. The highest BCUT2D eigenvalue weighted by Crippen LogP contribution is 2.40.